The zero-order valence-electron chi connectivity index (χ0n) is 13.6. The summed E-state index contributed by atoms with van der Waals surface area (Å²) in [5, 5.41) is 11.9. The molecule has 7 heteroatoms. The van der Waals surface area contributed by atoms with E-state index < -0.39 is 0 Å². The fourth-order valence-electron chi connectivity index (χ4n) is 2.44. The molecule has 1 fully saturated rings. The van der Waals surface area contributed by atoms with Gasteiger partial charge >= 0.3 is 0 Å². The number of likely N-dealkylation sites (N-methyl/N-ethyl adjacent to an activating group) is 1. The monoisotopic (exact) mass is 321 g/mol. The molecule has 7 nitrogen and oxygen atoms in total. The lowest BCUT2D eigenvalue weighted by atomic mass is 10.2. The van der Waals surface area contributed by atoms with Crippen molar-refractivity contribution in [2.45, 2.75) is 0 Å². The Balaban J connectivity index is 1.64. The van der Waals surface area contributed by atoms with Crippen LogP contribution in [0.2, 0.25) is 0 Å². The molecule has 1 aliphatic rings. The zero-order chi connectivity index (χ0) is 16.9. The number of nitrogens with one attached hydrogen (secondary N) is 1. The average Bonchev–Trinajstić information content (AvgIpc) is 2.63. The molecule has 0 amide bonds. The first kappa shape index (κ1) is 15.9. The third kappa shape index (κ3) is 3.67. The number of nitrogens with zero attached hydrogens (tertiary/aromatic N) is 6. The molecule has 0 aliphatic carbocycles. The number of aromatic nitrogens is 3. The number of nitriles is 1. The van der Waals surface area contributed by atoms with Crippen molar-refractivity contribution >= 4 is 23.0 Å². The van der Waals surface area contributed by atoms with Crippen LogP contribution in [0.1, 0.15) is 5.56 Å². The van der Waals surface area contributed by atoms with E-state index in [9.17, 15) is 0 Å². The van der Waals surface area contributed by atoms with E-state index in [4.69, 9.17) is 5.26 Å². The Kier molecular flexibility index (Phi) is 4.68. The fourth-order valence-corrected chi connectivity index (χ4v) is 2.44. The van der Waals surface area contributed by atoms with Crippen LogP contribution in [0.15, 0.2) is 37.3 Å². The van der Waals surface area contributed by atoms with Crippen molar-refractivity contribution in [3.63, 3.8) is 0 Å². The predicted molar refractivity (Wildman–Crippen MR) is 93.9 cm³/mol. The molecule has 2 aromatic rings. The molecule has 122 valence electrons. The molecule has 1 aliphatic heterocycles. The number of hydrogen-bond donors (Lipinski definition) is 1. The molecule has 1 saturated heterocycles. The van der Waals surface area contributed by atoms with Crippen LogP contribution in [0.5, 0.6) is 0 Å². The summed E-state index contributed by atoms with van der Waals surface area (Å²) in [5.41, 5.74) is 2.08. The van der Waals surface area contributed by atoms with E-state index in [1.54, 1.807) is 12.4 Å². The Morgan fingerprint density at radius 3 is 2.42 bits per heavy atom. The van der Waals surface area contributed by atoms with E-state index in [0.717, 1.165) is 31.9 Å². The minimum absolute atomic E-state index is 0.344. The fraction of sp³-hybridized carbons (Fsp3) is 0.294. The predicted octanol–water partition coefficient (Wildman–Crippen LogP) is 1.90. The SMILES string of the molecule is C=C(C#N)c1cnc(Nc2ccc(N3CCN(C)CC3)cn2)nc1. The second-order valence-corrected chi connectivity index (χ2v) is 5.70. The van der Waals surface area contributed by atoms with E-state index in [-0.39, 0.29) is 0 Å². The van der Waals surface area contributed by atoms with Gasteiger partial charge in [0.2, 0.25) is 5.95 Å². The van der Waals surface area contributed by atoms with Gasteiger partial charge in [0.25, 0.3) is 0 Å². The number of anilines is 3. The normalized spacial score (nSPS) is 14.9. The van der Waals surface area contributed by atoms with Crippen molar-refractivity contribution in [1.82, 2.24) is 19.9 Å². The van der Waals surface area contributed by atoms with Gasteiger partial charge in [-0.3, -0.25) is 0 Å². The number of rotatable bonds is 4. The van der Waals surface area contributed by atoms with Gasteiger partial charge in [-0.2, -0.15) is 5.26 Å². The summed E-state index contributed by atoms with van der Waals surface area (Å²) < 4.78 is 0. The van der Waals surface area contributed by atoms with Gasteiger partial charge in [0.15, 0.2) is 0 Å². The third-order valence-electron chi connectivity index (χ3n) is 3.99. The van der Waals surface area contributed by atoms with Crippen LogP contribution in [0.3, 0.4) is 0 Å². The van der Waals surface area contributed by atoms with Crippen LogP contribution in [-0.4, -0.2) is 53.1 Å². The topological polar surface area (TPSA) is 81.0 Å². The largest absolute Gasteiger partial charge is 0.368 e. The molecule has 3 rings (SSSR count). The molecule has 3 heterocycles. The van der Waals surface area contributed by atoms with E-state index in [2.05, 4.69) is 43.7 Å². The van der Waals surface area contributed by atoms with Crippen LogP contribution in [0.25, 0.3) is 5.57 Å². The standard InChI is InChI=1S/C17H19N7/c1-13(9-18)14-10-20-17(21-11-14)22-16-4-3-15(12-19-16)24-7-5-23(2)6-8-24/h3-4,10-12H,1,5-8H2,2H3,(H,19,20,21,22). The van der Waals surface area contributed by atoms with Crippen molar-refractivity contribution in [3.8, 4) is 6.07 Å². The first-order valence-corrected chi connectivity index (χ1v) is 7.74. The van der Waals surface area contributed by atoms with Crippen molar-refractivity contribution in [2.75, 3.05) is 43.4 Å². The lowest BCUT2D eigenvalue weighted by Gasteiger charge is -2.33. The highest BCUT2D eigenvalue weighted by molar-refractivity contribution is 5.73. The number of pyridine rings is 1. The quantitative estimate of drug-likeness (QED) is 0.861. The van der Waals surface area contributed by atoms with Crippen molar-refractivity contribution in [1.29, 1.82) is 5.26 Å². The second-order valence-electron chi connectivity index (χ2n) is 5.70. The maximum absolute atomic E-state index is 8.80. The van der Waals surface area contributed by atoms with E-state index >= 15 is 0 Å². The molecule has 0 bridgehead atoms. The smallest absolute Gasteiger partial charge is 0.228 e. The van der Waals surface area contributed by atoms with Gasteiger partial charge in [0.05, 0.1) is 23.5 Å². The summed E-state index contributed by atoms with van der Waals surface area (Å²) in [6.07, 6.45) is 5.00. The van der Waals surface area contributed by atoms with Crippen LogP contribution in [-0.2, 0) is 0 Å². The first-order chi connectivity index (χ1) is 11.7. The third-order valence-corrected chi connectivity index (χ3v) is 3.99. The summed E-state index contributed by atoms with van der Waals surface area (Å²) >= 11 is 0. The number of allylic oxidation sites excluding steroid dienone is 1. The van der Waals surface area contributed by atoms with Gasteiger partial charge < -0.3 is 15.1 Å². The molecule has 1 N–H and O–H groups in total. The minimum atomic E-state index is 0.344. The summed E-state index contributed by atoms with van der Waals surface area (Å²) in [7, 11) is 2.14. The van der Waals surface area contributed by atoms with Crippen LogP contribution in [0, 0.1) is 11.3 Å². The molecule has 2 aromatic heterocycles. The molecule has 0 spiro atoms. The summed E-state index contributed by atoms with van der Waals surface area (Å²) in [4.78, 5) is 17.4. The van der Waals surface area contributed by atoms with Gasteiger partial charge in [0.1, 0.15) is 5.82 Å². The van der Waals surface area contributed by atoms with E-state index in [1.165, 1.54) is 0 Å². The molecular weight excluding hydrogens is 302 g/mol. The molecule has 0 saturated carbocycles. The Morgan fingerprint density at radius 1 is 1.12 bits per heavy atom. The van der Waals surface area contributed by atoms with E-state index in [0.29, 0.717) is 22.9 Å². The van der Waals surface area contributed by atoms with Crippen molar-refractivity contribution < 1.29 is 0 Å². The van der Waals surface area contributed by atoms with Gasteiger partial charge in [-0.1, -0.05) is 6.58 Å². The Hall–Kier alpha value is -2.98. The number of piperazine rings is 1. The molecule has 24 heavy (non-hydrogen) atoms. The molecule has 0 unspecified atom stereocenters. The van der Waals surface area contributed by atoms with Gasteiger partial charge in [-0.25, -0.2) is 15.0 Å². The van der Waals surface area contributed by atoms with Crippen LogP contribution < -0.4 is 10.2 Å². The van der Waals surface area contributed by atoms with Crippen LogP contribution >= 0.6 is 0 Å². The van der Waals surface area contributed by atoms with Crippen LogP contribution in [0.4, 0.5) is 17.5 Å². The first-order valence-electron chi connectivity index (χ1n) is 7.74. The highest BCUT2D eigenvalue weighted by Crippen LogP contribution is 2.18. The highest BCUT2D eigenvalue weighted by Gasteiger charge is 2.14. The van der Waals surface area contributed by atoms with Gasteiger partial charge in [-0.05, 0) is 19.2 Å². The Labute approximate surface area is 141 Å². The number of hydrogen-bond acceptors (Lipinski definition) is 7. The van der Waals surface area contributed by atoms with E-state index in [1.807, 2.05) is 24.4 Å². The highest BCUT2D eigenvalue weighted by atomic mass is 15.3. The lowest BCUT2D eigenvalue weighted by Crippen LogP contribution is -2.44. The Bertz CT molecular complexity index is 738. The molecule has 0 aromatic carbocycles. The summed E-state index contributed by atoms with van der Waals surface area (Å²) in [6.45, 7) is 7.79. The second kappa shape index (κ2) is 7.06. The van der Waals surface area contributed by atoms with Gasteiger partial charge in [0, 0.05) is 44.1 Å². The molecule has 0 atom stereocenters. The average molecular weight is 321 g/mol. The molecular formula is C17H19N7. The molecule has 0 radical (unpaired) electrons. The van der Waals surface area contributed by atoms with Gasteiger partial charge in [-0.15, -0.1) is 0 Å². The maximum atomic E-state index is 8.80. The van der Waals surface area contributed by atoms with Crippen molar-refractivity contribution in [3.05, 3.63) is 42.9 Å². The maximum Gasteiger partial charge on any atom is 0.228 e. The van der Waals surface area contributed by atoms with Crippen molar-refractivity contribution in [2.24, 2.45) is 0 Å². The Morgan fingerprint density at radius 2 is 1.83 bits per heavy atom. The lowest BCUT2D eigenvalue weighted by molar-refractivity contribution is 0.313. The summed E-state index contributed by atoms with van der Waals surface area (Å²) in [5.74, 6) is 1.11. The zero-order valence-corrected chi connectivity index (χ0v) is 13.6. The minimum Gasteiger partial charge on any atom is -0.368 e. The summed E-state index contributed by atoms with van der Waals surface area (Å²) in [6, 6.07) is 5.94.